The van der Waals surface area contributed by atoms with Crippen molar-refractivity contribution in [3.8, 4) is 11.5 Å². The van der Waals surface area contributed by atoms with Gasteiger partial charge in [0, 0.05) is 0 Å². The number of ether oxygens (including phenoxy) is 2. The van der Waals surface area contributed by atoms with E-state index in [4.69, 9.17) is 26.2 Å². The lowest BCUT2D eigenvalue weighted by Crippen LogP contribution is -2.50. The minimum Gasteiger partial charge on any atom is -0.486 e. The molecule has 2 rings (SSSR count). The van der Waals surface area contributed by atoms with Gasteiger partial charge < -0.3 is 19.9 Å². The fourth-order valence-electron chi connectivity index (χ4n) is 1.90. The van der Waals surface area contributed by atoms with Crippen molar-refractivity contribution in [1.82, 2.24) is 5.32 Å². The van der Waals surface area contributed by atoms with Crippen LogP contribution in [0.5, 0.6) is 11.5 Å². The molecule has 0 spiro atoms. The number of carboxylic acid groups (broad SMARTS) is 1. The minimum absolute atomic E-state index is 0.00701. The summed E-state index contributed by atoms with van der Waals surface area (Å²) in [6, 6.07) is 3.29. The van der Waals surface area contributed by atoms with E-state index in [1.165, 1.54) is 13.8 Å². The van der Waals surface area contributed by atoms with Gasteiger partial charge in [-0.25, -0.2) is 4.79 Å². The van der Waals surface area contributed by atoms with Crippen LogP contribution in [0.25, 0.3) is 0 Å². The third-order valence-corrected chi connectivity index (χ3v) is 3.29. The third-order valence-electron chi connectivity index (χ3n) is 3.01. The maximum atomic E-state index is 11.9. The molecule has 114 valence electrons. The number of aliphatic carboxylic acids is 1. The van der Waals surface area contributed by atoms with E-state index in [1.807, 2.05) is 0 Å². The van der Waals surface area contributed by atoms with Crippen molar-refractivity contribution in [2.24, 2.45) is 0 Å². The molecule has 2 N–H and O–H groups in total. The van der Waals surface area contributed by atoms with E-state index >= 15 is 0 Å². The number of benzene rings is 1. The van der Waals surface area contributed by atoms with E-state index in [2.05, 4.69) is 5.32 Å². The topological polar surface area (TPSA) is 84.9 Å². The van der Waals surface area contributed by atoms with Crippen LogP contribution in [0.2, 0.25) is 5.02 Å². The molecule has 7 heteroatoms. The Bertz CT molecular complexity index is 585. The molecule has 1 aromatic carbocycles. The van der Waals surface area contributed by atoms with E-state index in [0.717, 1.165) is 0 Å². The number of amides is 1. The van der Waals surface area contributed by atoms with E-state index in [1.54, 1.807) is 12.1 Å². The molecule has 0 aliphatic carbocycles. The normalized spacial score (nSPS) is 13.7. The van der Waals surface area contributed by atoms with Crippen molar-refractivity contribution in [3.05, 3.63) is 22.7 Å². The molecule has 21 heavy (non-hydrogen) atoms. The molecule has 0 radical (unpaired) electrons. The van der Waals surface area contributed by atoms with E-state index in [-0.39, 0.29) is 6.42 Å². The van der Waals surface area contributed by atoms with Gasteiger partial charge in [0.05, 0.1) is 11.4 Å². The zero-order valence-corrected chi connectivity index (χ0v) is 12.5. The molecule has 0 unspecified atom stereocenters. The van der Waals surface area contributed by atoms with Gasteiger partial charge in [-0.3, -0.25) is 4.79 Å². The number of carbonyl (C=O) groups excluding carboxylic acids is 1. The molecule has 0 fully saturated rings. The molecule has 1 aliphatic rings. The van der Waals surface area contributed by atoms with Crippen LogP contribution in [-0.4, -0.2) is 35.7 Å². The minimum atomic E-state index is -1.32. The highest BCUT2D eigenvalue weighted by Crippen LogP contribution is 2.38. The first-order valence-electron chi connectivity index (χ1n) is 6.42. The quantitative estimate of drug-likeness (QED) is 0.882. The van der Waals surface area contributed by atoms with Crippen LogP contribution in [0.1, 0.15) is 19.4 Å². The predicted molar refractivity (Wildman–Crippen MR) is 76.0 cm³/mol. The van der Waals surface area contributed by atoms with Crippen LogP contribution in [-0.2, 0) is 16.0 Å². The van der Waals surface area contributed by atoms with E-state index < -0.39 is 17.4 Å². The SMILES string of the molecule is CC(C)(NC(=O)Cc1cc(Cl)c2c(c1)OCCO2)C(=O)O. The highest BCUT2D eigenvalue weighted by atomic mass is 35.5. The van der Waals surface area contributed by atoms with Crippen LogP contribution in [0.3, 0.4) is 0 Å². The van der Waals surface area contributed by atoms with Gasteiger partial charge in [-0.05, 0) is 31.5 Å². The van der Waals surface area contributed by atoms with Crippen molar-refractivity contribution >= 4 is 23.5 Å². The third kappa shape index (κ3) is 3.58. The van der Waals surface area contributed by atoms with Gasteiger partial charge in [-0.1, -0.05) is 11.6 Å². The zero-order valence-electron chi connectivity index (χ0n) is 11.7. The fraction of sp³-hybridized carbons (Fsp3) is 0.429. The van der Waals surface area contributed by atoms with Crippen molar-refractivity contribution in [1.29, 1.82) is 0 Å². The second-order valence-electron chi connectivity index (χ2n) is 5.26. The Labute approximate surface area is 127 Å². The molecule has 1 heterocycles. The largest absolute Gasteiger partial charge is 0.486 e. The average Bonchev–Trinajstić information content (AvgIpc) is 2.37. The highest BCUT2D eigenvalue weighted by Gasteiger charge is 2.29. The Morgan fingerprint density at radius 3 is 2.67 bits per heavy atom. The summed E-state index contributed by atoms with van der Waals surface area (Å²) in [4.78, 5) is 22.9. The van der Waals surface area contributed by atoms with E-state index in [0.29, 0.717) is 35.3 Å². The predicted octanol–water partition coefficient (Wildman–Crippen LogP) is 1.63. The summed E-state index contributed by atoms with van der Waals surface area (Å²) in [5.41, 5.74) is -0.697. The van der Waals surface area contributed by atoms with Crippen molar-refractivity contribution in [2.45, 2.75) is 25.8 Å². The molecule has 0 bridgehead atoms. The highest BCUT2D eigenvalue weighted by molar-refractivity contribution is 6.32. The summed E-state index contributed by atoms with van der Waals surface area (Å²) >= 11 is 6.08. The van der Waals surface area contributed by atoms with Gasteiger partial charge in [-0.2, -0.15) is 0 Å². The Hall–Kier alpha value is -1.95. The number of nitrogens with one attached hydrogen (secondary N) is 1. The molecule has 1 aromatic rings. The molecular formula is C14H16ClNO5. The average molecular weight is 314 g/mol. The molecule has 1 amide bonds. The number of hydrogen-bond donors (Lipinski definition) is 2. The number of carboxylic acids is 1. The Kier molecular flexibility index (Phi) is 4.27. The van der Waals surface area contributed by atoms with Crippen LogP contribution in [0.15, 0.2) is 12.1 Å². The second kappa shape index (κ2) is 5.81. The first-order valence-corrected chi connectivity index (χ1v) is 6.80. The van der Waals surface area contributed by atoms with Gasteiger partial charge in [0.15, 0.2) is 11.5 Å². The van der Waals surface area contributed by atoms with Crippen LogP contribution in [0.4, 0.5) is 0 Å². The van der Waals surface area contributed by atoms with Gasteiger partial charge in [0.25, 0.3) is 0 Å². The number of rotatable bonds is 4. The molecule has 0 saturated heterocycles. The van der Waals surface area contributed by atoms with Gasteiger partial charge >= 0.3 is 5.97 Å². The lowest BCUT2D eigenvalue weighted by molar-refractivity contribution is -0.145. The van der Waals surface area contributed by atoms with E-state index in [9.17, 15) is 9.59 Å². The summed E-state index contributed by atoms with van der Waals surface area (Å²) in [5.74, 6) is -0.543. The van der Waals surface area contributed by atoms with Crippen molar-refractivity contribution in [2.75, 3.05) is 13.2 Å². The first kappa shape index (κ1) is 15.4. The van der Waals surface area contributed by atoms with Gasteiger partial charge in [-0.15, -0.1) is 0 Å². The van der Waals surface area contributed by atoms with Gasteiger partial charge in [0.1, 0.15) is 18.8 Å². The summed E-state index contributed by atoms with van der Waals surface area (Å²) < 4.78 is 10.8. The smallest absolute Gasteiger partial charge is 0.328 e. The zero-order chi connectivity index (χ0) is 15.6. The lowest BCUT2D eigenvalue weighted by atomic mass is 10.0. The summed E-state index contributed by atoms with van der Waals surface area (Å²) in [7, 11) is 0. The second-order valence-corrected chi connectivity index (χ2v) is 5.66. The summed E-state index contributed by atoms with van der Waals surface area (Å²) in [5, 5.41) is 11.8. The molecular weight excluding hydrogens is 298 g/mol. The number of fused-ring (bicyclic) bond motifs is 1. The summed E-state index contributed by atoms with van der Waals surface area (Å²) in [6.07, 6.45) is 0.00701. The number of hydrogen-bond acceptors (Lipinski definition) is 4. The summed E-state index contributed by atoms with van der Waals surface area (Å²) in [6.45, 7) is 3.69. The molecule has 1 aliphatic heterocycles. The number of halogens is 1. The molecule has 0 atom stereocenters. The van der Waals surface area contributed by atoms with Crippen LogP contribution >= 0.6 is 11.6 Å². The lowest BCUT2D eigenvalue weighted by Gasteiger charge is -2.22. The maximum absolute atomic E-state index is 11.9. The number of carbonyl (C=O) groups is 2. The Morgan fingerprint density at radius 2 is 2.00 bits per heavy atom. The van der Waals surface area contributed by atoms with Crippen LogP contribution < -0.4 is 14.8 Å². The fourth-order valence-corrected chi connectivity index (χ4v) is 2.19. The molecule has 0 saturated carbocycles. The Morgan fingerprint density at radius 1 is 1.33 bits per heavy atom. The maximum Gasteiger partial charge on any atom is 0.328 e. The monoisotopic (exact) mass is 313 g/mol. The van der Waals surface area contributed by atoms with Crippen LogP contribution in [0, 0.1) is 0 Å². The van der Waals surface area contributed by atoms with Crippen molar-refractivity contribution < 1.29 is 24.2 Å². The molecule has 6 nitrogen and oxygen atoms in total. The van der Waals surface area contributed by atoms with Gasteiger partial charge in [0.2, 0.25) is 5.91 Å². The standard InChI is InChI=1S/C14H16ClNO5/c1-14(2,13(18)19)16-11(17)7-8-5-9(15)12-10(6-8)20-3-4-21-12/h5-6H,3-4,7H2,1-2H3,(H,16,17)(H,18,19). The first-order chi connectivity index (χ1) is 9.79. The van der Waals surface area contributed by atoms with Crippen molar-refractivity contribution in [3.63, 3.8) is 0 Å². The Balaban J connectivity index is 2.11. The molecule has 0 aromatic heterocycles.